The summed E-state index contributed by atoms with van der Waals surface area (Å²) in [6.45, 7) is 0. The van der Waals surface area contributed by atoms with Crippen LogP contribution >= 0.6 is 15.9 Å². The Morgan fingerprint density at radius 3 is 2.69 bits per heavy atom. The van der Waals surface area contributed by atoms with Crippen molar-refractivity contribution >= 4 is 27.7 Å². The van der Waals surface area contributed by atoms with Gasteiger partial charge in [-0.15, -0.1) is 0 Å². The summed E-state index contributed by atoms with van der Waals surface area (Å²) >= 11 is 3.26. The zero-order chi connectivity index (χ0) is 11.4. The number of hydrogen-bond acceptors (Lipinski definition) is 4. The summed E-state index contributed by atoms with van der Waals surface area (Å²) in [5, 5.41) is 9.86. The van der Waals surface area contributed by atoms with Crippen LogP contribution in [0.3, 0.4) is 0 Å². The van der Waals surface area contributed by atoms with Gasteiger partial charge in [0, 0.05) is 10.7 Å². The second-order valence-electron chi connectivity index (χ2n) is 2.95. The number of pyridine rings is 1. The summed E-state index contributed by atoms with van der Waals surface area (Å²) in [4.78, 5) is 15.7. The molecule has 0 aliphatic heterocycles. The van der Waals surface area contributed by atoms with E-state index in [0.29, 0.717) is 11.4 Å². The topological polar surface area (TPSA) is 67.8 Å². The van der Waals surface area contributed by atoms with Gasteiger partial charge in [0.2, 0.25) is 0 Å². The van der Waals surface area contributed by atoms with E-state index in [-0.39, 0.29) is 5.91 Å². The van der Waals surface area contributed by atoms with Crippen LogP contribution in [0, 0.1) is 0 Å². The molecule has 2 aromatic rings. The van der Waals surface area contributed by atoms with Crippen LogP contribution in [-0.4, -0.2) is 21.1 Å². The second kappa shape index (κ2) is 4.80. The summed E-state index contributed by atoms with van der Waals surface area (Å²) in [6, 6.07) is 5.09. The standard InChI is InChI=1S/C10H7BrN4O/c11-8-1-2-9(12-6-8)15-10(16)7-3-4-13-14-5-7/h1-6H,(H,12,15,16). The largest absolute Gasteiger partial charge is 0.307 e. The summed E-state index contributed by atoms with van der Waals surface area (Å²) < 4.78 is 0.857. The average Bonchev–Trinajstić information content (AvgIpc) is 2.33. The minimum atomic E-state index is -0.260. The van der Waals surface area contributed by atoms with Crippen LogP contribution in [-0.2, 0) is 0 Å². The van der Waals surface area contributed by atoms with Crippen LogP contribution < -0.4 is 5.32 Å². The Hall–Kier alpha value is -1.82. The summed E-state index contributed by atoms with van der Waals surface area (Å²) in [5.74, 6) is 0.231. The van der Waals surface area contributed by atoms with Gasteiger partial charge in [-0.1, -0.05) is 0 Å². The van der Waals surface area contributed by atoms with Crippen molar-refractivity contribution in [3.05, 3.63) is 46.8 Å². The highest BCUT2D eigenvalue weighted by atomic mass is 79.9. The molecule has 2 rings (SSSR count). The first-order chi connectivity index (χ1) is 7.75. The number of carbonyl (C=O) groups excluding carboxylic acids is 1. The Morgan fingerprint density at radius 2 is 2.06 bits per heavy atom. The Labute approximate surface area is 100 Å². The maximum atomic E-state index is 11.7. The molecule has 16 heavy (non-hydrogen) atoms. The van der Waals surface area contributed by atoms with Crippen molar-refractivity contribution < 1.29 is 4.79 Å². The molecule has 0 bridgehead atoms. The Morgan fingerprint density at radius 1 is 1.19 bits per heavy atom. The fraction of sp³-hybridized carbons (Fsp3) is 0. The van der Waals surface area contributed by atoms with Gasteiger partial charge in [-0.3, -0.25) is 4.79 Å². The summed E-state index contributed by atoms with van der Waals surface area (Å²) in [7, 11) is 0. The number of halogens is 1. The number of nitrogens with one attached hydrogen (secondary N) is 1. The Balaban J connectivity index is 2.11. The van der Waals surface area contributed by atoms with Gasteiger partial charge >= 0.3 is 0 Å². The third kappa shape index (κ3) is 2.60. The lowest BCUT2D eigenvalue weighted by atomic mass is 10.3. The van der Waals surface area contributed by atoms with Crippen molar-refractivity contribution in [1.82, 2.24) is 15.2 Å². The van der Waals surface area contributed by atoms with E-state index in [9.17, 15) is 4.79 Å². The van der Waals surface area contributed by atoms with E-state index in [2.05, 4.69) is 36.4 Å². The van der Waals surface area contributed by atoms with Gasteiger partial charge < -0.3 is 5.32 Å². The maximum absolute atomic E-state index is 11.7. The summed E-state index contributed by atoms with van der Waals surface area (Å²) in [5.41, 5.74) is 0.444. The highest BCUT2D eigenvalue weighted by Crippen LogP contribution is 2.11. The fourth-order valence-electron chi connectivity index (χ4n) is 1.06. The Bertz CT molecular complexity index is 486. The lowest BCUT2D eigenvalue weighted by Crippen LogP contribution is -2.13. The van der Waals surface area contributed by atoms with E-state index in [0.717, 1.165) is 4.47 Å². The molecule has 80 valence electrons. The number of amides is 1. The minimum absolute atomic E-state index is 0.260. The first-order valence-corrected chi connectivity index (χ1v) is 5.24. The number of nitrogens with zero attached hydrogens (tertiary/aromatic N) is 3. The maximum Gasteiger partial charge on any atom is 0.258 e. The van der Waals surface area contributed by atoms with E-state index < -0.39 is 0 Å². The van der Waals surface area contributed by atoms with Gasteiger partial charge in [-0.2, -0.15) is 10.2 Å². The molecule has 0 spiro atoms. The molecule has 0 fully saturated rings. The van der Waals surface area contributed by atoms with Gasteiger partial charge in [0.05, 0.1) is 18.0 Å². The number of aromatic nitrogens is 3. The molecule has 2 heterocycles. The molecule has 0 atom stereocenters. The molecule has 0 saturated carbocycles. The van der Waals surface area contributed by atoms with Gasteiger partial charge in [0.25, 0.3) is 5.91 Å². The van der Waals surface area contributed by atoms with Gasteiger partial charge in [-0.25, -0.2) is 4.98 Å². The van der Waals surface area contributed by atoms with Gasteiger partial charge in [0.15, 0.2) is 0 Å². The lowest BCUT2D eigenvalue weighted by Gasteiger charge is -2.03. The predicted octanol–water partition coefficient (Wildman–Crippen LogP) is 1.89. The molecule has 5 nitrogen and oxygen atoms in total. The van der Waals surface area contributed by atoms with Gasteiger partial charge in [0.1, 0.15) is 5.82 Å². The fourth-order valence-corrected chi connectivity index (χ4v) is 1.30. The highest BCUT2D eigenvalue weighted by Gasteiger charge is 2.06. The van der Waals surface area contributed by atoms with Crippen LogP contribution in [0.25, 0.3) is 0 Å². The van der Waals surface area contributed by atoms with Crippen molar-refractivity contribution in [2.75, 3.05) is 5.32 Å². The number of hydrogen-bond donors (Lipinski definition) is 1. The summed E-state index contributed by atoms with van der Waals surface area (Å²) in [6.07, 6.45) is 4.47. The van der Waals surface area contributed by atoms with Crippen LogP contribution in [0.15, 0.2) is 41.3 Å². The molecule has 0 aromatic carbocycles. The highest BCUT2D eigenvalue weighted by molar-refractivity contribution is 9.10. The van der Waals surface area contributed by atoms with Crippen molar-refractivity contribution in [1.29, 1.82) is 0 Å². The van der Waals surface area contributed by atoms with E-state index in [1.165, 1.54) is 12.4 Å². The lowest BCUT2D eigenvalue weighted by molar-refractivity contribution is 0.102. The van der Waals surface area contributed by atoms with Crippen LogP contribution in [0.2, 0.25) is 0 Å². The quantitative estimate of drug-likeness (QED) is 0.911. The minimum Gasteiger partial charge on any atom is -0.307 e. The zero-order valence-electron chi connectivity index (χ0n) is 8.09. The van der Waals surface area contributed by atoms with E-state index in [1.807, 2.05) is 0 Å². The Kier molecular flexibility index (Phi) is 3.21. The van der Waals surface area contributed by atoms with Crippen molar-refractivity contribution in [3.63, 3.8) is 0 Å². The molecule has 0 saturated heterocycles. The molecule has 1 amide bonds. The zero-order valence-corrected chi connectivity index (χ0v) is 9.68. The molecule has 6 heteroatoms. The van der Waals surface area contributed by atoms with E-state index in [1.54, 1.807) is 24.4 Å². The molecular weight excluding hydrogens is 272 g/mol. The molecular formula is C10H7BrN4O. The molecule has 2 aromatic heterocycles. The number of carbonyl (C=O) groups is 1. The normalized spacial score (nSPS) is 9.81. The van der Waals surface area contributed by atoms with Gasteiger partial charge in [-0.05, 0) is 34.1 Å². The molecule has 0 unspecified atom stereocenters. The first-order valence-electron chi connectivity index (χ1n) is 4.45. The molecule has 1 N–H and O–H groups in total. The monoisotopic (exact) mass is 278 g/mol. The van der Waals surface area contributed by atoms with Crippen molar-refractivity contribution in [2.45, 2.75) is 0 Å². The molecule has 0 radical (unpaired) electrons. The average molecular weight is 279 g/mol. The van der Waals surface area contributed by atoms with Crippen molar-refractivity contribution in [2.24, 2.45) is 0 Å². The molecule has 0 aliphatic rings. The molecule has 0 aliphatic carbocycles. The van der Waals surface area contributed by atoms with Crippen molar-refractivity contribution in [3.8, 4) is 0 Å². The second-order valence-corrected chi connectivity index (χ2v) is 3.86. The number of anilines is 1. The predicted molar refractivity (Wildman–Crippen MR) is 61.9 cm³/mol. The van der Waals surface area contributed by atoms with Crippen LogP contribution in [0.4, 0.5) is 5.82 Å². The third-order valence-electron chi connectivity index (χ3n) is 1.82. The van der Waals surface area contributed by atoms with Crippen LogP contribution in [0.5, 0.6) is 0 Å². The first kappa shape index (κ1) is 10.7. The SMILES string of the molecule is O=C(Nc1ccc(Br)cn1)c1ccnnc1. The van der Waals surface area contributed by atoms with E-state index >= 15 is 0 Å². The van der Waals surface area contributed by atoms with E-state index in [4.69, 9.17) is 0 Å². The smallest absolute Gasteiger partial charge is 0.258 e. The number of rotatable bonds is 2. The van der Waals surface area contributed by atoms with Crippen LogP contribution in [0.1, 0.15) is 10.4 Å². The third-order valence-corrected chi connectivity index (χ3v) is 2.28.